The molecule has 1 aliphatic rings. The normalized spacial score (nSPS) is 20.9. The Balaban J connectivity index is 2.36. The molecule has 0 fully saturated rings. The topological polar surface area (TPSA) is 20.5 Å². The van der Waals surface area contributed by atoms with Crippen LogP contribution in [-0.4, -0.2) is 19.2 Å². The summed E-state index contributed by atoms with van der Waals surface area (Å²) in [6.07, 6.45) is 2.24. The van der Waals surface area contributed by atoms with Crippen LogP contribution in [0.5, 0.6) is 0 Å². The monoisotopic (exact) mass is 115 g/mol. The molecule has 46 valence electrons. The smallest absolute Gasteiger partial charge is 0.322 e. The second-order valence-corrected chi connectivity index (χ2v) is 1.90. The maximum atomic E-state index is 5.10. The van der Waals surface area contributed by atoms with Crippen LogP contribution in [-0.2, 0) is 9.16 Å². The Labute approximate surface area is 49.2 Å². The summed E-state index contributed by atoms with van der Waals surface area (Å²) in [5.41, 5.74) is 0. The van der Waals surface area contributed by atoms with Crippen molar-refractivity contribution in [1.29, 1.82) is 0 Å². The van der Waals surface area contributed by atoms with Crippen molar-refractivity contribution in [2.24, 2.45) is 0 Å². The van der Waals surface area contributed by atoms with Gasteiger partial charge in [0.1, 0.15) is 0 Å². The van der Waals surface area contributed by atoms with E-state index in [0.717, 1.165) is 32.0 Å². The molecule has 0 aromatic rings. The second kappa shape index (κ2) is 2.70. The predicted octanol–water partition coefficient (Wildman–Crippen LogP) is 0.879. The molecule has 0 saturated heterocycles. The van der Waals surface area contributed by atoms with Crippen LogP contribution in [0.3, 0.4) is 0 Å². The van der Waals surface area contributed by atoms with Gasteiger partial charge >= 0.3 is 5.97 Å². The summed E-state index contributed by atoms with van der Waals surface area (Å²) in [4.78, 5) is 0. The molecular weight excluding hydrogens is 104 g/mol. The SMILES string of the molecule is CC1=[O+]CCCCO1. The van der Waals surface area contributed by atoms with Gasteiger partial charge in [0.2, 0.25) is 0 Å². The second-order valence-electron chi connectivity index (χ2n) is 1.90. The standard InChI is InChI=1S/C6H11O2/c1-6-7-4-2-3-5-8-6/h2-5H2,1H3/q+1. The molecule has 0 spiro atoms. The van der Waals surface area contributed by atoms with Gasteiger partial charge in [0, 0.05) is 12.8 Å². The Morgan fingerprint density at radius 2 is 2.38 bits per heavy atom. The van der Waals surface area contributed by atoms with Gasteiger partial charge in [-0.25, -0.2) is 0 Å². The summed E-state index contributed by atoms with van der Waals surface area (Å²) in [6.45, 7) is 3.50. The third-order valence-corrected chi connectivity index (χ3v) is 1.15. The molecule has 0 saturated carbocycles. The zero-order valence-corrected chi connectivity index (χ0v) is 5.14. The average molecular weight is 115 g/mol. The highest BCUT2D eigenvalue weighted by Crippen LogP contribution is 1.94. The Kier molecular flexibility index (Phi) is 1.89. The average Bonchev–Trinajstić information content (AvgIpc) is 1.94. The van der Waals surface area contributed by atoms with Crippen molar-refractivity contribution in [3.63, 3.8) is 0 Å². The van der Waals surface area contributed by atoms with Crippen LogP contribution < -0.4 is 0 Å². The molecule has 2 nitrogen and oxygen atoms in total. The van der Waals surface area contributed by atoms with Crippen molar-refractivity contribution in [2.75, 3.05) is 13.2 Å². The Morgan fingerprint density at radius 1 is 1.50 bits per heavy atom. The van der Waals surface area contributed by atoms with Gasteiger partial charge in [0.05, 0.1) is 6.92 Å². The maximum absolute atomic E-state index is 5.10. The number of carbonyl (C=O) groups excluding carboxylic acids is 1. The van der Waals surface area contributed by atoms with Crippen LogP contribution in [0, 0.1) is 0 Å². The van der Waals surface area contributed by atoms with Gasteiger partial charge in [-0.05, 0) is 0 Å². The fourth-order valence-electron chi connectivity index (χ4n) is 0.678. The van der Waals surface area contributed by atoms with Crippen molar-refractivity contribution in [3.05, 3.63) is 0 Å². The third-order valence-electron chi connectivity index (χ3n) is 1.15. The molecule has 2 heteroatoms. The van der Waals surface area contributed by atoms with Gasteiger partial charge in [-0.2, -0.15) is 0 Å². The van der Waals surface area contributed by atoms with E-state index in [0.29, 0.717) is 0 Å². The van der Waals surface area contributed by atoms with E-state index in [2.05, 4.69) is 0 Å². The van der Waals surface area contributed by atoms with Crippen LogP contribution in [0.4, 0.5) is 0 Å². The summed E-state index contributed by atoms with van der Waals surface area (Å²) >= 11 is 0. The summed E-state index contributed by atoms with van der Waals surface area (Å²) in [5.74, 6) is 0.725. The molecule has 1 rings (SSSR count). The van der Waals surface area contributed by atoms with Crippen LogP contribution in [0.25, 0.3) is 0 Å². The summed E-state index contributed by atoms with van der Waals surface area (Å²) < 4.78 is 10.2. The van der Waals surface area contributed by atoms with Crippen LogP contribution in [0.15, 0.2) is 0 Å². The molecule has 0 atom stereocenters. The minimum absolute atomic E-state index is 0.725. The van der Waals surface area contributed by atoms with Crippen LogP contribution in [0.2, 0.25) is 0 Å². The lowest BCUT2D eigenvalue weighted by Crippen LogP contribution is -1.99. The van der Waals surface area contributed by atoms with Crippen molar-refractivity contribution in [2.45, 2.75) is 19.8 Å². The van der Waals surface area contributed by atoms with Gasteiger partial charge in [-0.15, -0.1) is 0 Å². The summed E-state index contributed by atoms with van der Waals surface area (Å²) in [6, 6.07) is 0. The van der Waals surface area contributed by atoms with Crippen molar-refractivity contribution in [3.8, 4) is 0 Å². The number of esters is 1. The van der Waals surface area contributed by atoms with E-state index in [4.69, 9.17) is 9.16 Å². The van der Waals surface area contributed by atoms with E-state index in [1.54, 1.807) is 0 Å². The Hall–Kier alpha value is -0.530. The van der Waals surface area contributed by atoms with E-state index in [-0.39, 0.29) is 0 Å². The molecule has 0 aromatic heterocycles. The molecule has 0 amide bonds. The molecule has 0 N–H and O–H groups in total. The Morgan fingerprint density at radius 3 is 3.25 bits per heavy atom. The Bertz CT molecular complexity index is 96.7. The maximum Gasteiger partial charge on any atom is 0.481 e. The van der Waals surface area contributed by atoms with E-state index in [9.17, 15) is 0 Å². The minimum atomic E-state index is 0.725. The first kappa shape index (κ1) is 5.60. The lowest BCUT2D eigenvalue weighted by atomic mass is 10.3. The first-order valence-electron chi connectivity index (χ1n) is 2.99. The van der Waals surface area contributed by atoms with E-state index in [1.807, 2.05) is 6.92 Å². The fourth-order valence-corrected chi connectivity index (χ4v) is 0.678. The highest BCUT2D eigenvalue weighted by atomic mass is 16.6. The number of hydrogen-bond donors (Lipinski definition) is 0. The lowest BCUT2D eigenvalue weighted by Gasteiger charge is -1.82. The molecule has 1 aliphatic heterocycles. The largest absolute Gasteiger partial charge is 0.481 e. The van der Waals surface area contributed by atoms with Crippen LogP contribution in [0.1, 0.15) is 19.8 Å². The van der Waals surface area contributed by atoms with Crippen molar-refractivity contribution >= 4 is 5.97 Å². The summed E-state index contributed by atoms with van der Waals surface area (Å²) in [5, 5.41) is 0. The van der Waals surface area contributed by atoms with Crippen molar-refractivity contribution in [1.82, 2.24) is 0 Å². The first-order valence-corrected chi connectivity index (χ1v) is 2.99. The number of ether oxygens (including phenoxy) is 1. The quantitative estimate of drug-likeness (QED) is 0.339. The molecule has 8 heavy (non-hydrogen) atoms. The number of cyclic esters (lactones) is 1. The fraction of sp³-hybridized carbons (Fsp3) is 0.833. The van der Waals surface area contributed by atoms with Crippen molar-refractivity contribution < 1.29 is 9.16 Å². The molecule has 0 unspecified atom stereocenters. The van der Waals surface area contributed by atoms with E-state index in [1.165, 1.54) is 0 Å². The van der Waals surface area contributed by atoms with Gasteiger partial charge in [0.25, 0.3) is 0 Å². The molecule has 0 aliphatic carbocycles. The van der Waals surface area contributed by atoms with Crippen LogP contribution >= 0.6 is 0 Å². The van der Waals surface area contributed by atoms with E-state index >= 15 is 0 Å². The predicted molar refractivity (Wildman–Crippen MR) is 30.7 cm³/mol. The number of hydrogen-bond acceptors (Lipinski definition) is 1. The van der Waals surface area contributed by atoms with E-state index < -0.39 is 0 Å². The molecule has 0 bridgehead atoms. The molecule has 1 heterocycles. The zero-order valence-electron chi connectivity index (χ0n) is 5.14. The first-order chi connectivity index (χ1) is 3.89. The molecular formula is C6H11O2+. The highest BCUT2D eigenvalue weighted by Gasteiger charge is 2.08. The van der Waals surface area contributed by atoms with Gasteiger partial charge < -0.3 is 9.16 Å². The number of rotatable bonds is 0. The molecule has 0 radical (unpaired) electrons. The van der Waals surface area contributed by atoms with Gasteiger partial charge in [0.15, 0.2) is 13.2 Å². The van der Waals surface area contributed by atoms with Gasteiger partial charge in [-0.1, -0.05) is 0 Å². The minimum Gasteiger partial charge on any atom is -0.322 e. The summed E-state index contributed by atoms with van der Waals surface area (Å²) in [7, 11) is 0. The molecule has 0 aromatic carbocycles. The third kappa shape index (κ3) is 1.52. The van der Waals surface area contributed by atoms with Gasteiger partial charge in [-0.3, -0.25) is 0 Å². The highest BCUT2D eigenvalue weighted by molar-refractivity contribution is 5.66. The lowest BCUT2D eigenvalue weighted by molar-refractivity contribution is -0.465. The zero-order chi connectivity index (χ0) is 5.82.